The normalized spacial score (nSPS) is 15.3. The van der Waals surface area contributed by atoms with Gasteiger partial charge in [-0.3, -0.25) is 4.79 Å². The minimum Gasteiger partial charge on any atom is -0.497 e. The van der Waals surface area contributed by atoms with Gasteiger partial charge >= 0.3 is 0 Å². The first-order chi connectivity index (χ1) is 15.7. The van der Waals surface area contributed by atoms with Crippen LogP contribution in [0, 0.1) is 0 Å². The number of para-hydroxylation sites is 1. The van der Waals surface area contributed by atoms with Gasteiger partial charge in [-0.05, 0) is 42.3 Å². The van der Waals surface area contributed by atoms with Gasteiger partial charge in [0.25, 0.3) is 5.91 Å². The molecule has 32 heavy (non-hydrogen) atoms. The molecule has 5 rings (SSSR count). The fraction of sp³-hybridized carbons (Fsp3) is 0.222. The summed E-state index contributed by atoms with van der Waals surface area (Å²) in [6.07, 6.45) is 0.885. The molecule has 0 unspecified atom stereocenters. The Kier molecular flexibility index (Phi) is 5.10. The lowest BCUT2D eigenvalue weighted by Crippen LogP contribution is -2.29. The van der Waals surface area contributed by atoms with Crippen LogP contribution in [-0.4, -0.2) is 36.6 Å². The number of aromatic nitrogens is 1. The fourth-order valence-corrected chi connectivity index (χ4v) is 4.82. The highest BCUT2D eigenvalue weighted by molar-refractivity contribution is 6.02. The molecule has 0 spiro atoms. The minimum atomic E-state index is -0.180. The molecule has 162 valence electrons. The van der Waals surface area contributed by atoms with E-state index < -0.39 is 0 Å². The largest absolute Gasteiger partial charge is 0.497 e. The Bertz CT molecular complexity index is 1310. The molecule has 1 atom stereocenters. The first kappa shape index (κ1) is 20.2. The van der Waals surface area contributed by atoms with Crippen LogP contribution in [0.1, 0.15) is 40.9 Å². The summed E-state index contributed by atoms with van der Waals surface area (Å²) >= 11 is 0. The third-order valence-electron chi connectivity index (χ3n) is 6.22. The summed E-state index contributed by atoms with van der Waals surface area (Å²) in [5.41, 5.74) is 5.78. The van der Waals surface area contributed by atoms with E-state index in [2.05, 4.69) is 30.1 Å². The topological polar surface area (TPSA) is 54.6 Å². The van der Waals surface area contributed by atoms with E-state index >= 15 is 0 Å². The van der Waals surface area contributed by atoms with Crippen LogP contribution in [-0.2, 0) is 0 Å². The summed E-state index contributed by atoms with van der Waals surface area (Å²) in [7, 11) is 3.33. The molecule has 2 heterocycles. The Morgan fingerprint density at radius 1 is 0.938 bits per heavy atom. The summed E-state index contributed by atoms with van der Waals surface area (Å²) in [6.45, 7) is 2.79. The molecular weight excluding hydrogens is 400 g/mol. The van der Waals surface area contributed by atoms with Gasteiger partial charge in [-0.2, -0.15) is 0 Å². The molecule has 1 amide bonds. The highest BCUT2D eigenvalue weighted by Gasteiger charge is 2.39. The first-order valence-corrected chi connectivity index (χ1v) is 10.9. The predicted octanol–water partition coefficient (Wildman–Crippen LogP) is 5.81. The van der Waals surface area contributed by atoms with Crippen molar-refractivity contribution in [2.24, 2.45) is 0 Å². The molecule has 1 N–H and O–H groups in total. The lowest BCUT2D eigenvalue weighted by Gasteiger charge is -2.26. The van der Waals surface area contributed by atoms with Crippen LogP contribution in [0.5, 0.6) is 11.5 Å². The molecule has 4 aromatic rings. The van der Waals surface area contributed by atoms with Crippen molar-refractivity contribution in [1.29, 1.82) is 0 Å². The van der Waals surface area contributed by atoms with Crippen molar-refractivity contribution >= 4 is 16.8 Å². The van der Waals surface area contributed by atoms with Gasteiger partial charge in [-0.15, -0.1) is 0 Å². The summed E-state index contributed by atoms with van der Waals surface area (Å²) < 4.78 is 11.2. The van der Waals surface area contributed by atoms with Crippen LogP contribution >= 0.6 is 0 Å². The molecule has 1 aromatic heterocycles. The van der Waals surface area contributed by atoms with E-state index in [0.717, 1.165) is 56.8 Å². The highest BCUT2D eigenvalue weighted by Crippen LogP contribution is 2.47. The number of nitrogens with zero attached hydrogens (tertiary/aromatic N) is 1. The molecule has 0 saturated carbocycles. The van der Waals surface area contributed by atoms with Crippen LogP contribution in [0.25, 0.3) is 22.2 Å². The van der Waals surface area contributed by atoms with Gasteiger partial charge in [0.1, 0.15) is 11.5 Å². The van der Waals surface area contributed by atoms with E-state index in [1.165, 1.54) is 0 Å². The Labute approximate surface area is 187 Å². The van der Waals surface area contributed by atoms with Gasteiger partial charge in [0.15, 0.2) is 0 Å². The first-order valence-electron chi connectivity index (χ1n) is 10.9. The number of carbonyl (C=O) groups is 1. The Balaban J connectivity index is 1.83. The summed E-state index contributed by atoms with van der Waals surface area (Å²) in [4.78, 5) is 19.0. The van der Waals surface area contributed by atoms with E-state index in [1.807, 2.05) is 53.4 Å². The maximum Gasteiger partial charge on any atom is 0.255 e. The zero-order valence-electron chi connectivity index (χ0n) is 18.5. The summed E-state index contributed by atoms with van der Waals surface area (Å²) in [5, 5.41) is 1.10. The number of H-pyrrole nitrogens is 1. The molecule has 3 aromatic carbocycles. The number of hydrogen-bond acceptors (Lipinski definition) is 3. The number of ether oxygens (including phenoxy) is 2. The minimum absolute atomic E-state index is 0.0845. The van der Waals surface area contributed by atoms with Gasteiger partial charge in [-0.25, -0.2) is 0 Å². The SMILES string of the molecule is CCCN1C(=O)c2ccccc2[C@@H]1c1c(-c2cc(OC)ccc2OC)[nH]c2ccccc12. The van der Waals surface area contributed by atoms with Gasteiger partial charge in [0, 0.05) is 34.1 Å². The summed E-state index contributed by atoms with van der Waals surface area (Å²) in [5.74, 6) is 1.58. The average molecular weight is 427 g/mol. The van der Waals surface area contributed by atoms with E-state index in [1.54, 1.807) is 14.2 Å². The van der Waals surface area contributed by atoms with E-state index in [4.69, 9.17) is 9.47 Å². The maximum atomic E-state index is 13.4. The molecule has 1 aliphatic heterocycles. The van der Waals surface area contributed by atoms with Crippen LogP contribution < -0.4 is 9.47 Å². The molecule has 0 saturated heterocycles. The molecule has 5 heteroatoms. The average Bonchev–Trinajstić information content (AvgIpc) is 3.34. The summed E-state index contributed by atoms with van der Waals surface area (Å²) in [6, 6.07) is 21.8. The second-order valence-electron chi connectivity index (χ2n) is 8.01. The Morgan fingerprint density at radius 2 is 1.72 bits per heavy atom. The van der Waals surface area contributed by atoms with Crippen LogP contribution in [0.2, 0.25) is 0 Å². The van der Waals surface area contributed by atoms with E-state index in [-0.39, 0.29) is 11.9 Å². The molecule has 1 aliphatic rings. The number of fused-ring (bicyclic) bond motifs is 2. The molecule has 0 aliphatic carbocycles. The van der Waals surface area contributed by atoms with Crippen molar-refractivity contribution in [1.82, 2.24) is 9.88 Å². The second-order valence-corrected chi connectivity index (χ2v) is 8.01. The number of rotatable bonds is 6. The lowest BCUT2D eigenvalue weighted by atomic mass is 9.92. The third-order valence-corrected chi connectivity index (χ3v) is 6.22. The number of benzene rings is 3. The van der Waals surface area contributed by atoms with Gasteiger partial charge in [-0.1, -0.05) is 43.3 Å². The quantitative estimate of drug-likeness (QED) is 0.423. The number of amides is 1. The zero-order valence-corrected chi connectivity index (χ0v) is 18.5. The molecule has 0 radical (unpaired) electrons. The fourth-order valence-electron chi connectivity index (χ4n) is 4.82. The monoisotopic (exact) mass is 426 g/mol. The van der Waals surface area contributed by atoms with Crippen molar-refractivity contribution in [3.8, 4) is 22.8 Å². The highest BCUT2D eigenvalue weighted by atomic mass is 16.5. The van der Waals surface area contributed by atoms with Crippen LogP contribution in [0.4, 0.5) is 0 Å². The number of carbonyl (C=O) groups excluding carboxylic acids is 1. The smallest absolute Gasteiger partial charge is 0.255 e. The van der Waals surface area contributed by atoms with Crippen LogP contribution in [0.15, 0.2) is 66.7 Å². The van der Waals surface area contributed by atoms with Crippen molar-refractivity contribution in [2.45, 2.75) is 19.4 Å². The van der Waals surface area contributed by atoms with E-state index in [9.17, 15) is 4.79 Å². The van der Waals surface area contributed by atoms with Crippen LogP contribution in [0.3, 0.4) is 0 Å². The number of aromatic amines is 1. The van der Waals surface area contributed by atoms with Crippen molar-refractivity contribution in [3.05, 3.63) is 83.4 Å². The van der Waals surface area contributed by atoms with Crippen molar-refractivity contribution < 1.29 is 14.3 Å². The third kappa shape index (κ3) is 3.04. The van der Waals surface area contributed by atoms with Crippen molar-refractivity contribution in [2.75, 3.05) is 20.8 Å². The molecule has 0 bridgehead atoms. The van der Waals surface area contributed by atoms with Gasteiger partial charge in [0.05, 0.1) is 26.0 Å². The number of methoxy groups -OCH3 is 2. The zero-order chi connectivity index (χ0) is 22.2. The second kappa shape index (κ2) is 8.08. The number of nitrogens with one attached hydrogen (secondary N) is 1. The predicted molar refractivity (Wildman–Crippen MR) is 126 cm³/mol. The number of hydrogen-bond donors (Lipinski definition) is 1. The Morgan fingerprint density at radius 3 is 2.50 bits per heavy atom. The van der Waals surface area contributed by atoms with E-state index in [0.29, 0.717) is 6.54 Å². The Hall–Kier alpha value is -3.73. The lowest BCUT2D eigenvalue weighted by molar-refractivity contribution is 0.0751. The molecule has 0 fully saturated rings. The molecule has 5 nitrogen and oxygen atoms in total. The molecular formula is C27H26N2O3. The standard InChI is InChI=1S/C27H26N2O3/c1-4-15-29-26(18-9-5-6-10-19(18)27(29)30)24-20-11-7-8-12-22(20)28-25(24)21-16-17(31-2)13-14-23(21)32-3/h5-14,16,26,28H,4,15H2,1-3H3/t26-/m1/s1. The van der Waals surface area contributed by atoms with Crippen molar-refractivity contribution in [3.63, 3.8) is 0 Å². The van der Waals surface area contributed by atoms with Gasteiger partial charge in [0.2, 0.25) is 0 Å². The van der Waals surface area contributed by atoms with Gasteiger partial charge < -0.3 is 19.4 Å². The maximum absolute atomic E-state index is 13.4.